The molecule has 6 nitrogen and oxygen atoms in total. The molecule has 0 radical (unpaired) electrons. The van der Waals surface area contributed by atoms with Gasteiger partial charge in [0, 0.05) is 12.6 Å². The molecule has 24 heavy (non-hydrogen) atoms. The van der Waals surface area contributed by atoms with Crippen molar-refractivity contribution in [2.24, 2.45) is 5.41 Å². The van der Waals surface area contributed by atoms with E-state index in [0.717, 1.165) is 23.2 Å². The third-order valence-corrected chi connectivity index (χ3v) is 4.65. The summed E-state index contributed by atoms with van der Waals surface area (Å²) in [7, 11) is 0. The second kappa shape index (κ2) is 6.11. The van der Waals surface area contributed by atoms with Gasteiger partial charge in [0.25, 0.3) is 0 Å². The molecule has 0 bridgehead atoms. The van der Waals surface area contributed by atoms with Crippen LogP contribution in [0.3, 0.4) is 0 Å². The maximum atomic E-state index is 12.4. The van der Waals surface area contributed by atoms with Gasteiger partial charge in [-0.05, 0) is 49.9 Å². The molecule has 3 rings (SSSR count). The van der Waals surface area contributed by atoms with Crippen LogP contribution in [0.4, 0.5) is 5.69 Å². The number of aliphatic carboxylic acids is 1. The van der Waals surface area contributed by atoms with Gasteiger partial charge in [-0.15, -0.1) is 0 Å². The molecule has 2 N–H and O–H groups in total. The number of hydrogen-bond acceptors (Lipinski definition) is 3. The number of hydrogen-bond donors (Lipinski definition) is 2. The molecule has 1 aromatic heterocycles. The molecule has 126 valence electrons. The van der Waals surface area contributed by atoms with Gasteiger partial charge in [0.1, 0.15) is 0 Å². The van der Waals surface area contributed by atoms with Gasteiger partial charge < -0.3 is 10.4 Å². The van der Waals surface area contributed by atoms with Gasteiger partial charge >= 0.3 is 5.97 Å². The molecule has 1 amide bonds. The number of aromatic nitrogens is 2. The molecule has 0 aliphatic heterocycles. The van der Waals surface area contributed by atoms with E-state index in [1.165, 1.54) is 0 Å². The molecule has 0 saturated heterocycles. The van der Waals surface area contributed by atoms with Crippen molar-refractivity contribution in [1.29, 1.82) is 0 Å². The number of aryl methyl sites for hydroxylation is 2. The monoisotopic (exact) mass is 327 g/mol. The van der Waals surface area contributed by atoms with Gasteiger partial charge in [0.15, 0.2) is 0 Å². The van der Waals surface area contributed by atoms with Gasteiger partial charge in [-0.2, -0.15) is 5.10 Å². The lowest BCUT2D eigenvalue weighted by Gasteiger charge is -2.36. The Labute approximate surface area is 140 Å². The van der Waals surface area contributed by atoms with Crippen LogP contribution in [0.5, 0.6) is 0 Å². The third kappa shape index (κ3) is 3.04. The molecule has 6 heteroatoms. The summed E-state index contributed by atoms with van der Waals surface area (Å²) in [6.45, 7) is 3.89. The lowest BCUT2D eigenvalue weighted by Crippen LogP contribution is -2.41. The summed E-state index contributed by atoms with van der Waals surface area (Å²) in [5.41, 5.74) is 2.54. The van der Waals surface area contributed by atoms with Gasteiger partial charge in [0.05, 0.1) is 23.0 Å². The van der Waals surface area contributed by atoms with E-state index >= 15 is 0 Å². The largest absolute Gasteiger partial charge is 0.481 e. The number of rotatable bonds is 5. The highest BCUT2D eigenvalue weighted by Crippen LogP contribution is 2.44. The highest BCUT2D eigenvalue weighted by Gasteiger charge is 2.45. The number of nitrogens with one attached hydrogen (secondary N) is 1. The molecule has 1 aromatic carbocycles. The van der Waals surface area contributed by atoms with Crippen LogP contribution in [0.1, 0.15) is 36.8 Å². The summed E-state index contributed by atoms with van der Waals surface area (Å²) < 4.78 is 1.71. The molecule has 0 atom stereocenters. The van der Waals surface area contributed by atoms with Gasteiger partial charge in [-0.1, -0.05) is 12.5 Å². The third-order valence-electron chi connectivity index (χ3n) is 4.65. The van der Waals surface area contributed by atoms with Crippen molar-refractivity contribution in [2.45, 2.75) is 39.5 Å². The van der Waals surface area contributed by atoms with Crippen molar-refractivity contribution in [3.05, 3.63) is 41.7 Å². The van der Waals surface area contributed by atoms with E-state index in [4.69, 9.17) is 0 Å². The van der Waals surface area contributed by atoms with Crippen molar-refractivity contribution in [3.63, 3.8) is 0 Å². The number of anilines is 1. The number of carboxylic acid groups (broad SMARTS) is 1. The zero-order valence-electron chi connectivity index (χ0n) is 13.9. The zero-order valence-corrected chi connectivity index (χ0v) is 13.9. The van der Waals surface area contributed by atoms with E-state index in [0.29, 0.717) is 18.5 Å². The topological polar surface area (TPSA) is 84.2 Å². The number of benzene rings is 1. The number of nitrogens with zero attached hydrogens (tertiary/aromatic N) is 2. The van der Waals surface area contributed by atoms with Crippen molar-refractivity contribution < 1.29 is 14.7 Å². The van der Waals surface area contributed by atoms with Crippen molar-refractivity contribution in [1.82, 2.24) is 9.78 Å². The predicted molar refractivity (Wildman–Crippen MR) is 90.2 cm³/mol. The van der Waals surface area contributed by atoms with E-state index in [9.17, 15) is 14.7 Å². The van der Waals surface area contributed by atoms with Crippen LogP contribution in [0.15, 0.2) is 30.6 Å². The number of carboxylic acids is 1. The summed E-state index contributed by atoms with van der Waals surface area (Å²) in [4.78, 5) is 23.9. The first-order valence-corrected chi connectivity index (χ1v) is 8.05. The molecule has 1 aliphatic carbocycles. The van der Waals surface area contributed by atoms with Crippen molar-refractivity contribution >= 4 is 17.6 Å². The van der Waals surface area contributed by atoms with E-state index in [1.54, 1.807) is 10.9 Å². The van der Waals surface area contributed by atoms with E-state index in [1.807, 2.05) is 38.2 Å². The molecule has 0 unspecified atom stereocenters. The van der Waals surface area contributed by atoms with Crippen molar-refractivity contribution in [2.75, 3.05) is 5.32 Å². The standard InChI is InChI=1S/C18H21N3O3/c1-12-4-5-15(21-11-13(2)10-19-21)14(8-12)20-16(22)9-18(17(23)24)6-3-7-18/h4-5,8,10-11H,3,6-7,9H2,1-2H3,(H,20,22)(H,23,24). The average molecular weight is 327 g/mol. The van der Waals surface area contributed by atoms with E-state index in [-0.39, 0.29) is 12.3 Å². The Morgan fingerprint density at radius 2 is 2.04 bits per heavy atom. The SMILES string of the molecule is Cc1ccc(-n2cc(C)cn2)c(NC(=O)CC2(C(=O)O)CCC2)c1. The minimum Gasteiger partial charge on any atom is -0.481 e. The maximum absolute atomic E-state index is 12.4. The van der Waals surface area contributed by atoms with Gasteiger partial charge in [-0.25, -0.2) is 4.68 Å². The zero-order chi connectivity index (χ0) is 17.3. The molecular formula is C18H21N3O3. The van der Waals surface area contributed by atoms with Crippen LogP contribution < -0.4 is 5.32 Å². The Morgan fingerprint density at radius 3 is 2.58 bits per heavy atom. The van der Waals surface area contributed by atoms with Crippen LogP contribution >= 0.6 is 0 Å². The molecule has 1 saturated carbocycles. The Hall–Kier alpha value is -2.63. The van der Waals surface area contributed by atoms with Gasteiger partial charge in [0.2, 0.25) is 5.91 Å². The van der Waals surface area contributed by atoms with Crippen LogP contribution in [0.2, 0.25) is 0 Å². The molecule has 2 aromatic rings. The highest BCUT2D eigenvalue weighted by atomic mass is 16.4. The Kier molecular flexibility index (Phi) is 4.13. The predicted octanol–water partition coefficient (Wildman–Crippen LogP) is 3.07. The van der Waals surface area contributed by atoms with Crippen LogP contribution in [-0.2, 0) is 9.59 Å². The summed E-state index contributed by atoms with van der Waals surface area (Å²) in [5, 5.41) is 16.5. The molecule has 1 aliphatic rings. The number of carbonyl (C=O) groups is 2. The molecule has 0 spiro atoms. The normalized spacial score (nSPS) is 15.6. The molecular weight excluding hydrogens is 306 g/mol. The van der Waals surface area contributed by atoms with Crippen LogP contribution in [-0.4, -0.2) is 26.8 Å². The summed E-state index contributed by atoms with van der Waals surface area (Å²) in [5.74, 6) is -1.15. The maximum Gasteiger partial charge on any atom is 0.310 e. The smallest absolute Gasteiger partial charge is 0.310 e. The quantitative estimate of drug-likeness (QED) is 0.884. The highest BCUT2D eigenvalue weighted by molar-refractivity contribution is 5.96. The molecule has 1 fully saturated rings. The second-order valence-corrected chi connectivity index (χ2v) is 6.65. The van der Waals surface area contributed by atoms with E-state index in [2.05, 4.69) is 10.4 Å². The van der Waals surface area contributed by atoms with Gasteiger partial charge in [-0.3, -0.25) is 9.59 Å². The van der Waals surface area contributed by atoms with Crippen LogP contribution in [0, 0.1) is 19.3 Å². The van der Waals surface area contributed by atoms with E-state index < -0.39 is 11.4 Å². The lowest BCUT2D eigenvalue weighted by atomic mass is 9.66. The average Bonchev–Trinajstić information content (AvgIpc) is 2.89. The Morgan fingerprint density at radius 1 is 1.29 bits per heavy atom. The minimum absolute atomic E-state index is 0.00779. The fourth-order valence-electron chi connectivity index (χ4n) is 3.07. The lowest BCUT2D eigenvalue weighted by molar-refractivity contribution is -0.157. The van der Waals surface area contributed by atoms with Crippen LogP contribution in [0.25, 0.3) is 5.69 Å². The minimum atomic E-state index is -0.893. The molecule has 1 heterocycles. The summed E-state index contributed by atoms with van der Waals surface area (Å²) in [6.07, 6.45) is 5.63. The Bertz CT molecular complexity index is 791. The summed E-state index contributed by atoms with van der Waals surface area (Å²) in [6, 6.07) is 5.72. The van der Waals surface area contributed by atoms with Crippen molar-refractivity contribution in [3.8, 4) is 5.69 Å². The number of carbonyl (C=O) groups excluding carboxylic acids is 1. The Balaban J connectivity index is 1.83. The number of amides is 1. The first kappa shape index (κ1) is 16.2. The fraction of sp³-hybridized carbons (Fsp3) is 0.389. The first-order chi connectivity index (χ1) is 11.4. The first-order valence-electron chi connectivity index (χ1n) is 8.05. The summed E-state index contributed by atoms with van der Waals surface area (Å²) >= 11 is 0. The second-order valence-electron chi connectivity index (χ2n) is 6.65. The fourth-order valence-corrected chi connectivity index (χ4v) is 3.07.